The van der Waals surface area contributed by atoms with Crippen LogP contribution in [-0.4, -0.2) is 51.1 Å². The van der Waals surface area contributed by atoms with Crippen LogP contribution < -0.4 is 19.5 Å². The summed E-state index contributed by atoms with van der Waals surface area (Å²) >= 11 is 8.38. The van der Waals surface area contributed by atoms with Crippen molar-refractivity contribution in [2.45, 2.75) is 19.8 Å². The number of carbonyl (C=O) groups is 2. The molecule has 0 aliphatic carbocycles. The first-order valence-corrected chi connectivity index (χ1v) is 12.3. The summed E-state index contributed by atoms with van der Waals surface area (Å²) in [4.78, 5) is 28.4. The number of amides is 2. The molecule has 1 N–H and O–H groups in total. The normalized spacial score (nSPS) is 14.5. The third kappa shape index (κ3) is 6.15. The topological polar surface area (TPSA) is 77.1 Å². The van der Waals surface area contributed by atoms with Gasteiger partial charge in [0.1, 0.15) is 5.70 Å². The van der Waals surface area contributed by atoms with Crippen molar-refractivity contribution in [3.63, 3.8) is 0 Å². The molecule has 2 amide bonds. The molecule has 2 aromatic carbocycles. The number of piperidine rings is 1. The van der Waals surface area contributed by atoms with Gasteiger partial charge in [0.2, 0.25) is 5.75 Å². The number of benzene rings is 2. The molecule has 0 aromatic heterocycles. The van der Waals surface area contributed by atoms with Gasteiger partial charge in [0.15, 0.2) is 11.5 Å². The second-order valence-corrected chi connectivity index (χ2v) is 9.72. The second-order valence-electron chi connectivity index (χ2n) is 8.07. The minimum absolute atomic E-state index is 0.142. The Morgan fingerprint density at radius 2 is 1.68 bits per heavy atom. The Labute approximate surface area is 218 Å². The molecule has 7 nitrogen and oxygen atoms in total. The molecule has 3 rings (SSSR count). The molecule has 1 saturated heterocycles. The van der Waals surface area contributed by atoms with Crippen LogP contribution >= 0.6 is 34.2 Å². The number of halogens is 2. The summed E-state index contributed by atoms with van der Waals surface area (Å²) in [7, 11) is 4.56. The maximum atomic E-state index is 13.5. The lowest BCUT2D eigenvalue weighted by molar-refractivity contribution is -0.128. The lowest BCUT2D eigenvalue weighted by atomic mass is 9.99. The molecule has 0 saturated carbocycles. The summed E-state index contributed by atoms with van der Waals surface area (Å²) in [6.07, 6.45) is 3.45. The van der Waals surface area contributed by atoms with E-state index in [1.807, 2.05) is 6.07 Å². The van der Waals surface area contributed by atoms with E-state index in [1.54, 1.807) is 35.2 Å². The Morgan fingerprint density at radius 1 is 1.06 bits per heavy atom. The molecule has 0 atom stereocenters. The van der Waals surface area contributed by atoms with Gasteiger partial charge in [-0.15, -0.1) is 0 Å². The first-order chi connectivity index (χ1) is 16.3. The van der Waals surface area contributed by atoms with E-state index in [4.69, 9.17) is 25.8 Å². The maximum Gasteiger partial charge on any atom is 0.270 e. The predicted molar refractivity (Wildman–Crippen MR) is 141 cm³/mol. The number of ether oxygens (including phenoxy) is 3. The molecule has 34 heavy (non-hydrogen) atoms. The Hall–Kier alpha value is -2.46. The van der Waals surface area contributed by atoms with Gasteiger partial charge in [0.05, 0.1) is 31.9 Å². The Morgan fingerprint density at radius 3 is 2.24 bits per heavy atom. The van der Waals surface area contributed by atoms with Crippen LogP contribution in [-0.2, 0) is 4.79 Å². The first kappa shape index (κ1) is 26.2. The van der Waals surface area contributed by atoms with Gasteiger partial charge in [-0.25, -0.2) is 0 Å². The maximum absolute atomic E-state index is 13.5. The van der Waals surface area contributed by atoms with E-state index in [2.05, 4.69) is 34.8 Å². The van der Waals surface area contributed by atoms with E-state index in [0.29, 0.717) is 52.4 Å². The highest BCUT2D eigenvalue weighted by molar-refractivity contribution is 14.1. The van der Waals surface area contributed by atoms with Crippen LogP contribution in [0.5, 0.6) is 17.2 Å². The molecule has 9 heteroatoms. The number of likely N-dealkylation sites (tertiary alicyclic amines) is 1. The van der Waals surface area contributed by atoms with E-state index in [-0.39, 0.29) is 11.6 Å². The minimum Gasteiger partial charge on any atom is -0.493 e. The first-order valence-electron chi connectivity index (χ1n) is 10.8. The number of hydrogen-bond acceptors (Lipinski definition) is 5. The van der Waals surface area contributed by atoms with E-state index < -0.39 is 5.91 Å². The average molecular weight is 599 g/mol. The van der Waals surface area contributed by atoms with Crippen molar-refractivity contribution < 1.29 is 23.8 Å². The molecule has 182 valence electrons. The Kier molecular flexibility index (Phi) is 9.07. The molecule has 1 fully saturated rings. The Bertz CT molecular complexity index is 1070. The highest BCUT2D eigenvalue weighted by atomic mass is 127. The highest BCUT2D eigenvalue weighted by Gasteiger charge is 2.25. The third-order valence-corrected chi connectivity index (χ3v) is 6.72. The van der Waals surface area contributed by atoms with E-state index in [0.717, 1.165) is 16.4 Å². The zero-order chi connectivity index (χ0) is 24.8. The summed E-state index contributed by atoms with van der Waals surface area (Å²) in [5.41, 5.74) is 1.05. The van der Waals surface area contributed by atoms with Crippen LogP contribution in [0.3, 0.4) is 0 Å². The Balaban J connectivity index is 2.02. The van der Waals surface area contributed by atoms with Crippen molar-refractivity contribution in [3.05, 3.63) is 55.7 Å². The summed E-state index contributed by atoms with van der Waals surface area (Å²) in [6, 6.07) is 8.60. The lowest BCUT2D eigenvalue weighted by Crippen LogP contribution is -2.42. The molecule has 0 spiro atoms. The summed E-state index contributed by atoms with van der Waals surface area (Å²) in [5.74, 6) is 1.18. The molecule has 1 heterocycles. The summed E-state index contributed by atoms with van der Waals surface area (Å²) in [6.45, 7) is 3.44. The van der Waals surface area contributed by atoms with Crippen molar-refractivity contribution in [2.75, 3.05) is 34.4 Å². The van der Waals surface area contributed by atoms with Gasteiger partial charge in [-0.05, 0) is 83.3 Å². The molecule has 2 aromatic rings. The van der Waals surface area contributed by atoms with Gasteiger partial charge in [0, 0.05) is 16.7 Å². The van der Waals surface area contributed by atoms with Crippen LogP contribution in [0.1, 0.15) is 35.7 Å². The van der Waals surface area contributed by atoms with Crippen molar-refractivity contribution in [3.8, 4) is 17.2 Å². The number of rotatable bonds is 7. The molecule has 0 bridgehead atoms. The fourth-order valence-electron chi connectivity index (χ4n) is 3.75. The van der Waals surface area contributed by atoms with Gasteiger partial charge in [-0.2, -0.15) is 0 Å². The fourth-order valence-corrected chi connectivity index (χ4v) is 4.44. The molecule has 0 unspecified atom stereocenters. The molecule has 1 aliphatic heterocycles. The zero-order valence-electron chi connectivity index (χ0n) is 19.6. The zero-order valence-corrected chi connectivity index (χ0v) is 22.5. The van der Waals surface area contributed by atoms with Gasteiger partial charge < -0.3 is 24.4 Å². The standard InChI is InChI=1S/C25H28ClIN2O5/c1-15-7-9-29(10-8-15)25(31)20(28-24(30)18-14-17(27)5-6-19(18)26)11-16-12-21(32-2)23(34-4)22(13-16)33-3/h5-6,11-15H,7-10H2,1-4H3,(H,28,30). The summed E-state index contributed by atoms with van der Waals surface area (Å²) < 4.78 is 17.1. The summed E-state index contributed by atoms with van der Waals surface area (Å²) in [5, 5.41) is 3.10. The average Bonchev–Trinajstić information content (AvgIpc) is 2.84. The van der Waals surface area contributed by atoms with Crippen LogP contribution in [0, 0.1) is 9.49 Å². The highest BCUT2D eigenvalue weighted by Crippen LogP contribution is 2.38. The number of nitrogens with one attached hydrogen (secondary N) is 1. The molecule has 0 radical (unpaired) electrons. The number of carbonyl (C=O) groups excluding carboxylic acids is 2. The SMILES string of the molecule is COc1cc(C=C(NC(=O)c2cc(I)ccc2Cl)C(=O)N2CCC(C)CC2)cc(OC)c1OC. The van der Waals surface area contributed by atoms with Crippen LogP contribution in [0.15, 0.2) is 36.0 Å². The minimum atomic E-state index is -0.457. The van der Waals surface area contributed by atoms with Crippen LogP contribution in [0.2, 0.25) is 5.02 Å². The number of nitrogens with zero attached hydrogens (tertiary/aromatic N) is 1. The van der Waals surface area contributed by atoms with E-state index >= 15 is 0 Å². The van der Waals surface area contributed by atoms with Crippen molar-refractivity contribution in [2.24, 2.45) is 5.92 Å². The lowest BCUT2D eigenvalue weighted by Gasteiger charge is -2.31. The number of methoxy groups -OCH3 is 3. The molecular formula is C25H28ClIN2O5. The number of hydrogen-bond donors (Lipinski definition) is 1. The van der Waals surface area contributed by atoms with Gasteiger partial charge in [-0.1, -0.05) is 18.5 Å². The fraction of sp³-hybridized carbons (Fsp3) is 0.360. The van der Waals surface area contributed by atoms with Crippen molar-refractivity contribution in [1.29, 1.82) is 0 Å². The van der Waals surface area contributed by atoms with Crippen molar-refractivity contribution >= 4 is 52.1 Å². The van der Waals surface area contributed by atoms with Crippen LogP contribution in [0.4, 0.5) is 0 Å². The van der Waals surface area contributed by atoms with Gasteiger partial charge >= 0.3 is 0 Å². The van der Waals surface area contributed by atoms with Gasteiger partial charge in [0.25, 0.3) is 11.8 Å². The van der Waals surface area contributed by atoms with Gasteiger partial charge in [-0.3, -0.25) is 9.59 Å². The second kappa shape index (κ2) is 11.8. The molecule has 1 aliphatic rings. The van der Waals surface area contributed by atoms with Crippen LogP contribution in [0.25, 0.3) is 6.08 Å². The smallest absolute Gasteiger partial charge is 0.270 e. The predicted octanol–water partition coefficient (Wildman–Crippen LogP) is 5.00. The van der Waals surface area contributed by atoms with E-state index in [1.165, 1.54) is 21.3 Å². The van der Waals surface area contributed by atoms with E-state index in [9.17, 15) is 9.59 Å². The van der Waals surface area contributed by atoms with Crippen molar-refractivity contribution in [1.82, 2.24) is 10.2 Å². The quantitative estimate of drug-likeness (QED) is 0.359. The third-order valence-electron chi connectivity index (χ3n) is 5.72. The largest absolute Gasteiger partial charge is 0.493 e. The monoisotopic (exact) mass is 598 g/mol. The molecular weight excluding hydrogens is 571 g/mol.